The van der Waals surface area contributed by atoms with Gasteiger partial charge in [0.2, 0.25) is 0 Å². The van der Waals surface area contributed by atoms with Crippen molar-refractivity contribution in [3.63, 3.8) is 0 Å². The topological polar surface area (TPSA) is 17.8 Å². The summed E-state index contributed by atoms with van der Waals surface area (Å²) in [6, 6.07) is 50.3. The van der Waals surface area contributed by atoms with E-state index in [2.05, 4.69) is 152 Å². The van der Waals surface area contributed by atoms with Gasteiger partial charge in [-0.3, -0.25) is 4.68 Å². The Bertz CT molecular complexity index is 1650. The number of nitrogens with zero attached hydrogens (tertiary/aromatic N) is 2. The molecule has 0 amide bonds. The second-order valence-electron chi connectivity index (χ2n) is 10.6. The van der Waals surface area contributed by atoms with Crippen LogP contribution in [0.1, 0.15) is 22.4 Å². The first-order valence-electron chi connectivity index (χ1n) is 14.0. The summed E-state index contributed by atoms with van der Waals surface area (Å²) >= 11 is 6.43. The SMILES string of the molecule is Cc1ccc(Cn2nc(C[P+](c3ccccc3)(c3ccccc3)c3ccccc3)cc2-c2ccc(Cl)c(C)c2)cc1.[Br-]. The molecule has 5 heteroatoms. The zero-order valence-corrected chi connectivity index (χ0v) is 27.0. The van der Waals surface area contributed by atoms with E-state index in [1.54, 1.807) is 0 Å². The maximum absolute atomic E-state index is 6.43. The lowest BCUT2D eigenvalue weighted by Gasteiger charge is -2.27. The van der Waals surface area contributed by atoms with Crippen molar-refractivity contribution in [3.05, 3.63) is 167 Å². The molecule has 1 aromatic heterocycles. The number of hydrogen-bond donors (Lipinski definition) is 0. The number of hydrogen-bond acceptors (Lipinski definition) is 1. The molecule has 6 rings (SSSR count). The van der Waals surface area contributed by atoms with Gasteiger partial charge in [0.05, 0.1) is 12.2 Å². The van der Waals surface area contributed by atoms with Crippen LogP contribution in [0.25, 0.3) is 11.3 Å². The molecule has 42 heavy (non-hydrogen) atoms. The molecule has 0 saturated carbocycles. The fourth-order valence-electron chi connectivity index (χ4n) is 5.58. The number of rotatable bonds is 8. The summed E-state index contributed by atoms with van der Waals surface area (Å²) in [6.07, 6.45) is 0.825. The predicted molar refractivity (Wildman–Crippen MR) is 177 cm³/mol. The quantitative estimate of drug-likeness (QED) is 0.203. The normalized spacial score (nSPS) is 11.2. The standard InChI is InChI=1S/C37H33ClN2P.BrH/c1-28-18-20-30(21-19-28)26-40-37(31-22-23-36(38)29(2)24-31)25-32(39-40)27-41(33-12-6-3-7-13-33,34-14-8-4-9-15-34)35-16-10-5-11-17-35;/h3-25H,26-27H2,1-2H3;1H/q+1;/p-1. The first-order chi connectivity index (χ1) is 20.0. The number of aryl methyl sites for hydroxylation is 2. The Balaban J connectivity index is 0.00000353. The third kappa shape index (κ3) is 6.15. The molecule has 0 saturated heterocycles. The molecule has 2 nitrogen and oxygen atoms in total. The molecule has 0 unspecified atom stereocenters. The van der Waals surface area contributed by atoms with Gasteiger partial charge >= 0.3 is 0 Å². The van der Waals surface area contributed by atoms with E-state index in [1.807, 2.05) is 6.07 Å². The molecule has 0 aliphatic heterocycles. The highest BCUT2D eigenvalue weighted by atomic mass is 79.9. The summed E-state index contributed by atoms with van der Waals surface area (Å²) < 4.78 is 2.17. The van der Waals surface area contributed by atoms with Crippen molar-refractivity contribution in [2.24, 2.45) is 0 Å². The predicted octanol–water partition coefficient (Wildman–Crippen LogP) is 5.37. The van der Waals surface area contributed by atoms with E-state index in [0.717, 1.165) is 33.7 Å². The van der Waals surface area contributed by atoms with Crippen molar-refractivity contribution in [1.82, 2.24) is 9.78 Å². The summed E-state index contributed by atoms with van der Waals surface area (Å²) in [4.78, 5) is 0. The molecule has 0 bridgehead atoms. The first kappa shape index (κ1) is 30.0. The molecule has 0 aliphatic carbocycles. The van der Waals surface area contributed by atoms with Gasteiger partial charge in [0.25, 0.3) is 0 Å². The summed E-state index contributed by atoms with van der Waals surface area (Å²) in [5.41, 5.74) is 6.87. The van der Waals surface area contributed by atoms with Crippen LogP contribution in [0.5, 0.6) is 0 Å². The minimum Gasteiger partial charge on any atom is -1.00 e. The minimum atomic E-state index is -2.08. The van der Waals surface area contributed by atoms with E-state index < -0.39 is 7.26 Å². The largest absolute Gasteiger partial charge is 1.00 e. The van der Waals surface area contributed by atoms with Crippen molar-refractivity contribution in [3.8, 4) is 11.3 Å². The summed E-state index contributed by atoms with van der Waals surface area (Å²) in [5, 5.41) is 10.2. The van der Waals surface area contributed by atoms with Gasteiger partial charge in [-0.05, 0) is 79.6 Å². The molecular weight excluding hydrogens is 619 g/mol. The lowest BCUT2D eigenvalue weighted by atomic mass is 10.1. The third-order valence-electron chi connectivity index (χ3n) is 7.73. The molecule has 1 heterocycles. The summed E-state index contributed by atoms with van der Waals surface area (Å²) in [6.45, 7) is 4.88. The molecule has 0 aliphatic rings. The van der Waals surface area contributed by atoms with Crippen LogP contribution in [-0.4, -0.2) is 9.78 Å². The maximum Gasteiger partial charge on any atom is 0.118 e. The summed E-state index contributed by atoms with van der Waals surface area (Å²) in [5.74, 6) is 0. The van der Waals surface area contributed by atoms with Crippen LogP contribution in [-0.2, 0) is 12.7 Å². The van der Waals surface area contributed by atoms with Crippen molar-refractivity contribution >= 4 is 34.8 Å². The van der Waals surface area contributed by atoms with Crippen LogP contribution in [0.4, 0.5) is 0 Å². The van der Waals surface area contributed by atoms with Crippen molar-refractivity contribution < 1.29 is 17.0 Å². The Labute approximate surface area is 265 Å². The van der Waals surface area contributed by atoms with E-state index in [0.29, 0.717) is 6.54 Å². The van der Waals surface area contributed by atoms with Crippen molar-refractivity contribution in [1.29, 1.82) is 0 Å². The van der Waals surface area contributed by atoms with E-state index in [4.69, 9.17) is 16.7 Å². The van der Waals surface area contributed by atoms with Gasteiger partial charge in [-0.1, -0.05) is 102 Å². The zero-order valence-electron chi connectivity index (χ0n) is 23.8. The average Bonchev–Trinajstić information content (AvgIpc) is 3.41. The lowest BCUT2D eigenvalue weighted by Crippen LogP contribution is -3.00. The van der Waals surface area contributed by atoms with E-state index in [-0.39, 0.29) is 17.0 Å². The Morgan fingerprint density at radius 3 is 1.67 bits per heavy atom. The average molecular weight is 652 g/mol. The Morgan fingerprint density at radius 2 is 1.17 bits per heavy atom. The molecule has 0 radical (unpaired) electrons. The molecule has 6 aromatic rings. The van der Waals surface area contributed by atoms with Crippen LogP contribution >= 0.6 is 18.9 Å². The van der Waals surface area contributed by atoms with Gasteiger partial charge < -0.3 is 17.0 Å². The number of aromatic nitrogens is 2. The highest BCUT2D eigenvalue weighted by Gasteiger charge is 2.46. The lowest BCUT2D eigenvalue weighted by molar-refractivity contribution is -0.00000814. The molecule has 0 N–H and O–H groups in total. The van der Waals surface area contributed by atoms with Gasteiger partial charge in [-0.2, -0.15) is 5.10 Å². The van der Waals surface area contributed by atoms with Crippen molar-refractivity contribution in [2.75, 3.05) is 0 Å². The molecule has 0 atom stereocenters. The fourth-order valence-corrected chi connectivity index (χ4v) is 9.83. The monoisotopic (exact) mass is 650 g/mol. The minimum absolute atomic E-state index is 0. The molecule has 5 aromatic carbocycles. The zero-order chi connectivity index (χ0) is 28.2. The highest BCUT2D eigenvalue weighted by Crippen LogP contribution is 2.58. The van der Waals surface area contributed by atoms with Crippen LogP contribution < -0.4 is 32.9 Å². The van der Waals surface area contributed by atoms with Crippen LogP contribution in [0.3, 0.4) is 0 Å². The van der Waals surface area contributed by atoms with Gasteiger partial charge in [-0.25, -0.2) is 0 Å². The molecule has 0 spiro atoms. The summed E-state index contributed by atoms with van der Waals surface area (Å²) in [7, 11) is -2.08. The van der Waals surface area contributed by atoms with E-state index in [1.165, 1.54) is 27.0 Å². The van der Waals surface area contributed by atoms with E-state index >= 15 is 0 Å². The molecule has 210 valence electrons. The van der Waals surface area contributed by atoms with Crippen molar-refractivity contribution in [2.45, 2.75) is 26.6 Å². The van der Waals surface area contributed by atoms with Gasteiger partial charge in [0, 0.05) is 10.6 Å². The molecule has 0 fully saturated rings. The smallest absolute Gasteiger partial charge is 0.118 e. The third-order valence-corrected chi connectivity index (χ3v) is 12.5. The van der Waals surface area contributed by atoms with Gasteiger partial charge in [0.1, 0.15) is 35.0 Å². The van der Waals surface area contributed by atoms with Crippen LogP contribution in [0.15, 0.2) is 140 Å². The van der Waals surface area contributed by atoms with Gasteiger partial charge in [0.15, 0.2) is 0 Å². The molecular formula is C37H33BrClN2P. The number of halogens is 2. The van der Waals surface area contributed by atoms with E-state index in [9.17, 15) is 0 Å². The Kier molecular flexibility index (Phi) is 9.43. The first-order valence-corrected chi connectivity index (χ1v) is 16.3. The fraction of sp³-hybridized carbons (Fsp3) is 0.108. The highest BCUT2D eigenvalue weighted by molar-refractivity contribution is 7.95. The second-order valence-corrected chi connectivity index (χ2v) is 14.5. The van der Waals surface area contributed by atoms with Crippen LogP contribution in [0, 0.1) is 13.8 Å². The maximum atomic E-state index is 6.43. The Hall–Kier alpha value is -3.49. The van der Waals surface area contributed by atoms with Gasteiger partial charge in [-0.15, -0.1) is 0 Å². The Morgan fingerprint density at radius 1 is 0.643 bits per heavy atom. The van der Waals surface area contributed by atoms with Crippen LogP contribution in [0.2, 0.25) is 5.02 Å². The number of benzene rings is 5. The second kappa shape index (κ2) is 13.2.